The van der Waals surface area contributed by atoms with Gasteiger partial charge in [0.15, 0.2) is 0 Å². The van der Waals surface area contributed by atoms with Crippen molar-refractivity contribution in [1.82, 2.24) is 20.1 Å². The van der Waals surface area contributed by atoms with Crippen molar-refractivity contribution in [2.45, 2.75) is 19.4 Å². The van der Waals surface area contributed by atoms with Gasteiger partial charge in [-0.15, -0.1) is 5.10 Å². The smallest absolute Gasteiger partial charge is 0.335 e. The minimum atomic E-state index is -1.02. The van der Waals surface area contributed by atoms with Crippen molar-refractivity contribution in [3.05, 3.63) is 137 Å². The minimum Gasteiger partial charge on any atom is -0.478 e. The molecule has 0 aliphatic carbocycles. The molecule has 0 unspecified atom stereocenters. The van der Waals surface area contributed by atoms with Crippen LogP contribution in [0.3, 0.4) is 0 Å². The van der Waals surface area contributed by atoms with Crippen LogP contribution in [0.2, 0.25) is 0 Å². The average molecular weight is 545 g/mol. The van der Waals surface area contributed by atoms with E-state index in [0.717, 1.165) is 21.9 Å². The zero-order chi connectivity index (χ0) is 28.5. The summed E-state index contributed by atoms with van der Waals surface area (Å²) in [5, 5.41) is 23.2. The molecule has 0 aliphatic heterocycles. The fraction of sp³-hybridized carbons (Fsp3) is 0.0909. The predicted molar refractivity (Wildman–Crippen MR) is 154 cm³/mol. The monoisotopic (exact) mass is 544 g/mol. The zero-order valence-electron chi connectivity index (χ0n) is 22.1. The Balaban J connectivity index is 1.40. The first-order valence-electron chi connectivity index (χ1n) is 13.1. The quantitative estimate of drug-likeness (QED) is 0.240. The molecule has 6 aromatic rings. The number of rotatable bonds is 7. The second-order valence-corrected chi connectivity index (χ2v) is 9.96. The van der Waals surface area contributed by atoms with Gasteiger partial charge in [-0.3, -0.25) is 4.79 Å². The number of amides is 1. The maximum absolute atomic E-state index is 14.1. The van der Waals surface area contributed by atoms with E-state index in [0.29, 0.717) is 34.3 Å². The summed E-state index contributed by atoms with van der Waals surface area (Å²) in [6, 6.07) is 28.1. The number of fused-ring (bicyclic) bond motifs is 2. The lowest BCUT2D eigenvalue weighted by atomic mass is 10.00. The molecule has 2 heterocycles. The number of carboxylic acids is 1. The second-order valence-electron chi connectivity index (χ2n) is 9.96. The molecular formula is C33H25FN4O3. The number of nitrogens with zero attached hydrogens (tertiary/aromatic N) is 3. The molecule has 6 rings (SSSR count). The number of carbonyl (C=O) groups is 2. The van der Waals surface area contributed by atoms with Crippen molar-refractivity contribution < 1.29 is 19.1 Å². The Morgan fingerprint density at radius 3 is 2.44 bits per heavy atom. The number of aromatic nitrogens is 3. The van der Waals surface area contributed by atoms with Crippen LogP contribution < -0.4 is 5.32 Å². The normalized spacial score (nSPS) is 12.0. The van der Waals surface area contributed by atoms with Gasteiger partial charge in [0.1, 0.15) is 11.3 Å². The highest BCUT2D eigenvalue weighted by Gasteiger charge is 2.21. The topological polar surface area (TPSA) is 96.6 Å². The van der Waals surface area contributed by atoms with E-state index in [4.69, 9.17) is 0 Å². The Bertz CT molecular complexity index is 1930. The largest absolute Gasteiger partial charge is 0.478 e. The molecule has 4 aromatic carbocycles. The molecule has 8 heteroatoms. The summed E-state index contributed by atoms with van der Waals surface area (Å²) in [4.78, 5) is 25.0. The van der Waals surface area contributed by atoms with Crippen molar-refractivity contribution >= 4 is 28.2 Å². The molecule has 0 spiro atoms. The third kappa shape index (κ3) is 5.27. The highest BCUT2D eigenvalue weighted by atomic mass is 19.1. The van der Waals surface area contributed by atoms with E-state index in [1.807, 2.05) is 25.1 Å². The zero-order valence-corrected chi connectivity index (χ0v) is 22.1. The molecule has 0 saturated carbocycles. The van der Waals surface area contributed by atoms with Gasteiger partial charge in [-0.25, -0.2) is 13.7 Å². The van der Waals surface area contributed by atoms with Crippen molar-refractivity contribution in [1.29, 1.82) is 0 Å². The molecule has 2 aromatic heterocycles. The van der Waals surface area contributed by atoms with Gasteiger partial charge in [0.25, 0.3) is 5.91 Å². The van der Waals surface area contributed by atoms with Gasteiger partial charge < -0.3 is 10.4 Å². The van der Waals surface area contributed by atoms with Crippen molar-refractivity contribution in [3.8, 4) is 11.1 Å². The first kappa shape index (κ1) is 25.9. The summed E-state index contributed by atoms with van der Waals surface area (Å²) < 4.78 is 15.6. The number of aromatic carboxylic acids is 1. The van der Waals surface area contributed by atoms with Gasteiger partial charge in [-0.1, -0.05) is 71.9 Å². The van der Waals surface area contributed by atoms with E-state index in [2.05, 4.69) is 39.9 Å². The molecular weight excluding hydrogens is 519 g/mol. The van der Waals surface area contributed by atoms with E-state index in [-0.39, 0.29) is 17.3 Å². The summed E-state index contributed by atoms with van der Waals surface area (Å²) in [7, 11) is 0. The molecule has 0 aliphatic rings. The third-order valence-corrected chi connectivity index (χ3v) is 7.17. The van der Waals surface area contributed by atoms with Crippen LogP contribution in [0.5, 0.6) is 0 Å². The van der Waals surface area contributed by atoms with Gasteiger partial charge >= 0.3 is 5.97 Å². The lowest BCUT2D eigenvalue weighted by Crippen LogP contribution is -2.27. The number of nitrogens with one attached hydrogen (secondary N) is 1. The summed E-state index contributed by atoms with van der Waals surface area (Å²) in [5.74, 6) is -1.76. The van der Waals surface area contributed by atoms with Crippen LogP contribution in [-0.2, 0) is 6.42 Å². The van der Waals surface area contributed by atoms with Gasteiger partial charge in [0, 0.05) is 18.2 Å². The van der Waals surface area contributed by atoms with Crippen LogP contribution in [0, 0.1) is 5.82 Å². The SMILES string of the molecule is C[C@H](NC(=O)c1cc(-c2cccc(F)c2)cn2nnc(Cc3ccc4ccccc4c3)c12)c1ccc(C(=O)O)cc1. The Kier molecular flexibility index (Phi) is 6.73. The fourth-order valence-corrected chi connectivity index (χ4v) is 5.02. The molecule has 202 valence electrons. The molecule has 1 amide bonds. The summed E-state index contributed by atoms with van der Waals surface area (Å²) in [6.45, 7) is 1.83. The molecule has 0 bridgehead atoms. The van der Waals surface area contributed by atoms with Crippen LogP contribution >= 0.6 is 0 Å². The number of carboxylic acid groups (broad SMARTS) is 1. The number of benzene rings is 4. The molecule has 0 radical (unpaired) electrons. The fourth-order valence-electron chi connectivity index (χ4n) is 5.02. The standard InChI is InChI=1S/C33H25FN4O3/c1-20(22-11-13-24(14-12-22)33(40)41)35-32(39)29-18-27(26-7-4-8-28(34)17-26)19-38-31(29)30(36-37-38)16-21-9-10-23-5-2-3-6-25(23)15-21/h2-15,17-20H,16H2,1H3,(H,35,39)(H,40,41)/t20-/m0/s1. The van der Waals surface area contributed by atoms with E-state index in [1.54, 1.807) is 41.0 Å². The minimum absolute atomic E-state index is 0.167. The maximum Gasteiger partial charge on any atom is 0.335 e. The number of hydrogen-bond acceptors (Lipinski definition) is 4. The predicted octanol–water partition coefficient (Wildman–Crippen LogP) is 6.47. The van der Waals surface area contributed by atoms with Gasteiger partial charge in [-0.2, -0.15) is 0 Å². The van der Waals surface area contributed by atoms with Crippen LogP contribution in [0.4, 0.5) is 4.39 Å². The number of hydrogen-bond donors (Lipinski definition) is 2. The molecule has 0 saturated heterocycles. The average Bonchev–Trinajstić information content (AvgIpc) is 3.39. The third-order valence-electron chi connectivity index (χ3n) is 7.17. The highest BCUT2D eigenvalue weighted by Crippen LogP contribution is 2.27. The van der Waals surface area contributed by atoms with E-state index < -0.39 is 12.0 Å². The Morgan fingerprint density at radius 2 is 1.68 bits per heavy atom. The summed E-state index contributed by atoms with van der Waals surface area (Å²) in [5.41, 5.74) is 4.70. The van der Waals surface area contributed by atoms with Crippen molar-refractivity contribution in [2.24, 2.45) is 0 Å². The first-order valence-corrected chi connectivity index (χ1v) is 13.1. The molecule has 7 nitrogen and oxygen atoms in total. The van der Waals surface area contributed by atoms with Crippen LogP contribution in [-0.4, -0.2) is 31.8 Å². The van der Waals surface area contributed by atoms with Crippen LogP contribution in [0.1, 0.15) is 50.5 Å². The Labute approximate surface area is 234 Å². The molecule has 0 fully saturated rings. The second kappa shape index (κ2) is 10.7. The summed E-state index contributed by atoms with van der Waals surface area (Å²) in [6.07, 6.45) is 2.20. The van der Waals surface area contributed by atoms with E-state index >= 15 is 0 Å². The number of carbonyl (C=O) groups excluding carboxylic acids is 1. The number of halogens is 1. The van der Waals surface area contributed by atoms with Gasteiger partial charge in [0.2, 0.25) is 0 Å². The number of pyridine rings is 1. The van der Waals surface area contributed by atoms with Gasteiger partial charge in [-0.05, 0) is 64.7 Å². The van der Waals surface area contributed by atoms with Crippen molar-refractivity contribution in [2.75, 3.05) is 0 Å². The molecule has 41 heavy (non-hydrogen) atoms. The lowest BCUT2D eigenvalue weighted by Gasteiger charge is -2.16. The Morgan fingerprint density at radius 1 is 0.902 bits per heavy atom. The van der Waals surface area contributed by atoms with Gasteiger partial charge in [0.05, 0.1) is 22.9 Å². The maximum atomic E-state index is 14.1. The first-order chi connectivity index (χ1) is 19.9. The lowest BCUT2D eigenvalue weighted by molar-refractivity contribution is 0.0696. The van der Waals surface area contributed by atoms with E-state index in [1.165, 1.54) is 24.3 Å². The molecule has 1 atom stereocenters. The van der Waals surface area contributed by atoms with E-state index in [9.17, 15) is 19.1 Å². The van der Waals surface area contributed by atoms with Crippen LogP contribution in [0.15, 0.2) is 103 Å². The summed E-state index contributed by atoms with van der Waals surface area (Å²) >= 11 is 0. The Hall–Kier alpha value is -5.37. The molecule has 2 N–H and O–H groups in total. The van der Waals surface area contributed by atoms with Crippen molar-refractivity contribution in [3.63, 3.8) is 0 Å². The van der Waals surface area contributed by atoms with Crippen LogP contribution in [0.25, 0.3) is 27.4 Å². The highest BCUT2D eigenvalue weighted by molar-refractivity contribution is 6.02.